The summed E-state index contributed by atoms with van der Waals surface area (Å²) in [4.78, 5) is 2.55. The van der Waals surface area contributed by atoms with E-state index in [4.69, 9.17) is 21.1 Å². The van der Waals surface area contributed by atoms with Crippen LogP contribution in [-0.2, 0) is 4.74 Å². The molecule has 0 amide bonds. The van der Waals surface area contributed by atoms with Crippen LogP contribution < -0.4 is 4.74 Å². The van der Waals surface area contributed by atoms with Crippen LogP contribution >= 0.6 is 11.6 Å². The molecule has 2 atom stereocenters. The molecule has 0 aliphatic carbocycles. The van der Waals surface area contributed by atoms with Crippen LogP contribution in [0.25, 0.3) is 0 Å². The first kappa shape index (κ1) is 18.6. The summed E-state index contributed by atoms with van der Waals surface area (Å²) in [6.45, 7) is 6.43. The van der Waals surface area contributed by atoms with Crippen LogP contribution in [-0.4, -0.2) is 44.4 Å². The van der Waals surface area contributed by atoms with Gasteiger partial charge in [0.1, 0.15) is 5.75 Å². The number of hydrogen-bond acceptors (Lipinski definition) is 3. The van der Waals surface area contributed by atoms with E-state index in [0.717, 1.165) is 30.3 Å². The molecule has 3 nitrogen and oxygen atoms in total. The molecule has 130 valence electrons. The minimum absolute atomic E-state index is 0.327. The van der Waals surface area contributed by atoms with E-state index in [9.17, 15) is 0 Å². The lowest BCUT2D eigenvalue weighted by molar-refractivity contribution is -0.0180. The Kier molecular flexibility index (Phi) is 8.21. The van der Waals surface area contributed by atoms with E-state index in [1.807, 2.05) is 31.4 Å². The van der Waals surface area contributed by atoms with Gasteiger partial charge in [-0.3, -0.25) is 0 Å². The number of likely N-dealkylation sites (tertiary alicyclic amines) is 1. The quantitative estimate of drug-likeness (QED) is 0.612. The monoisotopic (exact) mass is 339 g/mol. The number of nitrogens with zero attached hydrogens (tertiary/aromatic N) is 1. The van der Waals surface area contributed by atoms with E-state index in [1.165, 1.54) is 38.8 Å². The van der Waals surface area contributed by atoms with Gasteiger partial charge in [0.25, 0.3) is 0 Å². The molecule has 0 aromatic heterocycles. The molecular weight excluding hydrogens is 310 g/mol. The van der Waals surface area contributed by atoms with E-state index in [0.29, 0.717) is 12.0 Å². The van der Waals surface area contributed by atoms with Crippen LogP contribution in [0.3, 0.4) is 0 Å². The van der Waals surface area contributed by atoms with E-state index >= 15 is 0 Å². The summed E-state index contributed by atoms with van der Waals surface area (Å²) in [5.74, 6) is 1.44. The van der Waals surface area contributed by atoms with Crippen molar-refractivity contribution >= 4 is 11.6 Å². The molecule has 1 aliphatic heterocycles. The smallest absolute Gasteiger partial charge is 0.120 e. The molecule has 1 aromatic rings. The average Bonchev–Trinajstić information content (AvgIpc) is 2.56. The predicted octanol–water partition coefficient (Wildman–Crippen LogP) is 4.64. The standard InChI is InChI=1S/C19H30ClNO2/c1-3-4-5-11-21-12-9-16(19(15-21)22-2)10-13-23-18-8-6-7-17(20)14-18/h6-8,14,16,19H,3-5,9-13,15H2,1-2H3/t16-,19+/m1/s1. The fourth-order valence-electron chi connectivity index (χ4n) is 3.30. The number of methoxy groups -OCH3 is 1. The molecule has 0 saturated carbocycles. The zero-order valence-corrected chi connectivity index (χ0v) is 15.2. The molecule has 4 heteroatoms. The molecule has 1 aromatic carbocycles. The maximum atomic E-state index is 5.98. The SMILES string of the molecule is CCCCCN1CC[C@H](CCOc2cccc(Cl)c2)[C@@H](OC)C1. The van der Waals surface area contributed by atoms with Gasteiger partial charge in [-0.15, -0.1) is 0 Å². The Morgan fingerprint density at radius 2 is 2.17 bits per heavy atom. The van der Waals surface area contributed by atoms with Crippen LogP contribution in [0.4, 0.5) is 0 Å². The lowest BCUT2D eigenvalue weighted by Gasteiger charge is -2.37. The van der Waals surface area contributed by atoms with Gasteiger partial charge >= 0.3 is 0 Å². The first-order chi connectivity index (χ1) is 11.2. The summed E-state index contributed by atoms with van der Waals surface area (Å²) in [7, 11) is 1.84. The van der Waals surface area contributed by atoms with E-state index in [2.05, 4.69) is 11.8 Å². The normalized spacial score (nSPS) is 22.2. The van der Waals surface area contributed by atoms with E-state index in [1.54, 1.807) is 0 Å². The van der Waals surface area contributed by atoms with Gasteiger partial charge in [0.2, 0.25) is 0 Å². The summed E-state index contributed by atoms with van der Waals surface area (Å²) in [5, 5.41) is 0.720. The van der Waals surface area contributed by atoms with Crippen molar-refractivity contribution in [1.82, 2.24) is 4.90 Å². The number of piperidine rings is 1. The van der Waals surface area contributed by atoms with E-state index < -0.39 is 0 Å². The second-order valence-corrected chi connectivity index (χ2v) is 6.86. The Morgan fingerprint density at radius 1 is 1.30 bits per heavy atom. The van der Waals surface area contributed by atoms with Gasteiger partial charge in [0.05, 0.1) is 12.7 Å². The Bertz CT molecular complexity index is 455. The highest BCUT2D eigenvalue weighted by Crippen LogP contribution is 2.24. The average molecular weight is 340 g/mol. The molecule has 0 N–H and O–H groups in total. The van der Waals surface area contributed by atoms with Crippen LogP contribution in [0.2, 0.25) is 5.02 Å². The highest BCUT2D eigenvalue weighted by atomic mass is 35.5. The van der Waals surface area contributed by atoms with Crippen molar-refractivity contribution < 1.29 is 9.47 Å². The van der Waals surface area contributed by atoms with Crippen molar-refractivity contribution in [3.05, 3.63) is 29.3 Å². The van der Waals surface area contributed by atoms with Crippen molar-refractivity contribution in [2.75, 3.05) is 33.4 Å². The number of unbranched alkanes of at least 4 members (excludes halogenated alkanes) is 2. The van der Waals surface area contributed by atoms with Crippen molar-refractivity contribution in [1.29, 1.82) is 0 Å². The zero-order chi connectivity index (χ0) is 16.5. The number of rotatable bonds is 9. The van der Waals surface area contributed by atoms with Gasteiger partial charge in [-0.25, -0.2) is 0 Å². The van der Waals surface area contributed by atoms with Gasteiger partial charge in [-0.2, -0.15) is 0 Å². The summed E-state index contributed by atoms with van der Waals surface area (Å²) in [6.07, 6.45) is 6.47. The van der Waals surface area contributed by atoms with Crippen LogP contribution in [0.1, 0.15) is 39.0 Å². The van der Waals surface area contributed by atoms with Gasteiger partial charge in [-0.1, -0.05) is 37.4 Å². The zero-order valence-electron chi connectivity index (χ0n) is 14.5. The minimum atomic E-state index is 0.327. The molecule has 0 unspecified atom stereocenters. The summed E-state index contributed by atoms with van der Waals surface area (Å²) in [5.41, 5.74) is 0. The fourth-order valence-corrected chi connectivity index (χ4v) is 3.48. The Hall–Kier alpha value is -0.770. The highest BCUT2D eigenvalue weighted by molar-refractivity contribution is 6.30. The van der Waals surface area contributed by atoms with Gasteiger partial charge < -0.3 is 14.4 Å². The third-order valence-corrected chi connectivity index (χ3v) is 4.95. The molecule has 1 heterocycles. The second-order valence-electron chi connectivity index (χ2n) is 6.43. The lowest BCUT2D eigenvalue weighted by atomic mass is 9.91. The fraction of sp³-hybridized carbons (Fsp3) is 0.684. The maximum Gasteiger partial charge on any atom is 0.120 e. The third kappa shape index (κ3) is 6.33. The number of hydrogen-bond donors (Lipinski definition) is 0. The molecular formula is C19H30ClNO2. The molecule has 0 bridgehead atoms. The molecule has 23 heavy (non-hydrogen) atoms. The molecule has 0 radical (unpaired) electrons. The largest absolute Gasteiger partial charge is 0.494 e. The molecule has 2 rings (SSSR count). The van der Waals surface area contributed by atoms with Crippen molar-refractivity contribution in [2.24, 2.45) is 5.92 Å². The Morgan fingerprint density at radius 3 is 2.91 bits per heavy atom. The van der Waals surface area contributed by atoms with Gasteiger partial charge in [-0.05, 0) is 56.5 Å². The summed E-state index contributed by atoms with van der Waals surface area (Å²) in [6, 6.07) is 7.61. The molecule has 1 saturated heterocycles. The lowest BCUT2D eigenvalue weighted by Crippen LogP contribution is -2.45. The third-order valence-electron chi connectivity index (χ3n) is 4.71. The first-order valence-corrected chi connectivity index (χ1v) is 9.24. The highest BCUT2D eigenvalue weighted by Gasteiger charge is 2.28. The predicted molar refractivity (Wildman–Crippen MR) is 96.4 cm³/mol. The minimum Gasteiger partial charge on any atom is -0.494 e. The van der Waals surface area contributed by atoms with Crippen molar-refractivity contribution in [2.45, 2.75) is 45.1 Å². The topological polar surface area (TPSA) is 21.7 Å². The van der Waals surface area contributed by atoms with E-state index in [-0.39, 0.29) is 0 Å². The molecule has 1 fully saturated rings. The summed E-state index contributed by atoms with van der Waals surface area (Å²) < 4.78 is 11.6. The Labute approximate surface area is 145 Å². The molecule has 0 spiro atoms. The van der Waals surface area contributed by atoms with Crippen molar-refractivity contribution in [3.8, 4) is 5.75 Å². The van der Waals surface area contributed by atoms with Crippen LogP contribution in [0.5, 0.6) is 5.75 Å². The molecule has 1 aliphatic rings. The number of halogens is 1. The number of benzene rings is 1. The van der Waals surface area contributed by atoms with Gasteiger partial charge in [0.15, 0.2) is 0 Å². The first-order valence-electron chi connectivity index (χ1n) is 8.86. The summed E-state index contributed by atoms with van der Waals surface area (Å²) >= 11 is 5.98. The van der Waals surface area contributed by atoms with Crippen LogP contribution in [0, 0.1) is 5.92 Å². The second kappa shape index (κ2) is 10.2. The van der Waals surface area contributed by atoms with Crippen LogP contribution in [0.15, 0.2) is 24.3 Å². The van der Waals surface area contributed by atoms with Crippen molar-refractivity contribution in [3.63, 3.8) is 0 Å². The number of ether oxygens (including phenoxy) is 2. The maximum absolute atomic E-state index is 5.98. The Balaban J connectivity index is 1.72. The van der Waals surface area contributed by atoms with Gasteiger partial charge in [0, 0.05) is 18.7 Å².